The quantitative estimate of drug-likeness (QED) is 0.159. The Balaban J connectivity index is 1.34. The van der Waals surface area contributed by atoms with Crippen molar-refractivity contribution < 1.29 is 9.90 Å². The average molecular weight is 552 g/mol. The highest BCUT2D eigenvalue weighted by Gasteiger charge is 2.17. The second kappa shape index (κ2) is 11.2. The first-order valence-corrected chi connectivity index (χ1v) is 13.4. The molecule has 7 nitrogen and oxygen atoms in total. The molecule has 0 unspecified atom stereocenters. The molecule has 0 aliphatic carbocycles. The number of carboxylic acids is 1. The summed E-state index contributed by atoms with van der Waals surface area (Å²) in [4.78, 5) is 18.1. The number of rotatable bonds is 7. The van der Waals surface area contributed by atoms with E-state index in [0.29, 0.717) is 16.8 Å². The third-order valence-electron chi connectivity index (χ3n) is 6.60. The van der Waals surface area contributed by atoms with E-state index in [1.54, 1.807) is 18.2 Å². The molecule has 2 aromatic heterocycles. The molecule has 0 bridgehead atoms. The number of aromatic nitrogens is 3. The molecule has 6 rings (SSSR count). The topological polar surface area (TPSA) is 103 Å². The fourth-order valence-electron chi connectivity index (χ4n) is 4.63. The number of carboxylic acid groups (broad SMARTS) is 1. The number of hydrogen-bond donors (Lipinski definition) is 1. The van der Waals surface area contributed by atoms with Gasteiger partial charge in [-0.15, -0.1) is 0 Å². The molecule has 0 saturated carbocycles. The Bertz CT molecular complexity index is 1870. The highest BCUT2D eigenvalue weighted by atomic mass is 32.1. The van der Waals surface area contributed by atoms with Crippen molar-refractivity contribution in [2.24, 2.45) is 0 Å². The molecular weight excluding hydrogens is 530 g/mol. The number of nitrogens with zero attached hydrogens (tertiary/aromatic N) is 5. The minimum atomic E-state index is -1.26. The largest absolute Gasteiger partial charge is 0.477 e. The summed E-state index contributed by atoms with van der Waals surface area (Å²) < 4.78 is 9.13. The number of benzene rings is 4. The molecule has 0 amide bonds. The number of anilines is 3. The van der Waals surface area contributed by atoms with E-state index in [4.69, 9.17) is 15.4 Å². The lowest BCUT2D eigenvalue weighted by Crippen LogP contribution is -2.09. The van der Waals surface area contributed by atoms with Crippen LogP contribution in [0, 0.1) is 11.3 Å². The number of hydrogen-bond acceptors (Lipinski definition) is 7. The molecule has 0 fully saturated rings. The Morgan fingerprint density at radius 3 is 1.90 bits per heavy atom. The maximum atomic E-state index is 11.2. The van der Waals surface area contributed by atoms with E-state index in [9.17, 15) is 4.79 Å². The predicted molar refractivity (Wildman–Crippen MR) is 162 cm³/mol. The molecule has 8 heteroatoms. The van der Waals surface area contributed by atoms with Crippen molar-refractivity contribution in [1.82, 2.24) is 13.7 Å². The van der Waals surface area contributed by atoms with Gasteiger partial charge in [0.05, 0.1) is 17.4 Å². The zero-order chi connectivity index (χ0) is 28.2. The molecular formula is C33H21N5O2S. The number of aliphatic carboxylic acids is 1. The van der Waals surface area contributed by atoms with Crippen LogP contribution in [0.3, 0.4) is 0 Å². The van der Waals surface area contributed by atoms with E-state index in [2.05, 4.69) is 62.2 Å². The van der Waals surface area contributed by atoms with E-state index in [1.807, 2.05) is 54.7 Å². The summed E-state index contributed by atoms with van der Waals surface area (Å²) >= 11 is 1.13. The first-order valence-electron chi connectivity index (χ1n) is 12.7. The number of carbonyl (C=O) groups is 1. The fourth-order valence-corrected chi connectivity index (χ4v) is 5.19. The summed E-state index contributed by atoms with van der Waals surface area (Å²) in [6.07, 6.45) is 3.15. The van der Waals surface area contributed by atoms with Gasteiger partial charge in [0.1, 0.15) is 22.7 Å². The van der Waals surface area contributed by atoms with Crippen molar-refractivity contribution in [3.8, 4) is 28.5 Å². The van der Waals surface area contributed by atoms with Gasteiger partial charge in [0.15, 0.2) is 0 Å². The molecule has 0 aliphatic heterocycles. The van der Waals surface area contributed by atoms with Crippen LogP contribution in [0.1, 0.15) is 5.56 Å². The van der Waals surface area contributed by atoms with Crippen LogP contribution in [0.15, 0.2) is 121 Å². The van der Waals surface area contributed by atoms with E-state index >= 15 is 0 Å². The third-order valence-corrected chi connectivity index (χ3v) is 7.13. The molecule has 0 atom stereocenters. The lowest BCUT2D eigenvalue weighted by Gasteiger charge is -2.25. The maximum Gasteiger partial charge on any atom is 0.346 e. The lowest BCUT2D eigenvalue weighted by molar-refractivity contribution is -0.132. The van der Waals surface area contributed by atoms with Crippen LogP contribution in [0.25, 0.3) is 39.5 Å². The van der Waals surface area contributed by atoms with Crippen LogP contribution in [-0.4, -0.2) is 24.8 Å². The minimum Gasteiger partial charge on any atom is -0.477 e. The van der Waals surface area contributed by atoms with Crippen LogP contribution in [0.2, 0.25) is 0 Å². The Labute approximate surface area is 240 Å². The third kappa shape index (κ3) is 5.17. The second-order valence-electron chi connectivity index (χ2n) is 9.13. The summed E-state index contributed by atoms with van der Waals surface area (Å²) in [6, 6.07) is 37.7. The van der Waals surface area contributed by atoms with E-state index in [-0.39, 0.29) is 5.57 Å². The molecule has 6 aromatic rings. The van der Waals surface area contributed by atoms with Gasteiger partial charge in [-0.05, 0) is 53.6 Å². The molecule has 2 heterocycles. The molecule has 196 valence electrons. The van der Waals surface area contributed by atoms with Crippen LogP contribution in [0.4, 0.5) is 17.1 Å². The zero-order valence-corrected chi connectivity index (χ0v) is 22.4. The standard InChI is InChI=1S/C33H21N5O2S/c34-20-25(33(39)40)19-22-11-13-24(14-12-22)30-32-31(36-41-37-32)29(21-35-30)23-15-17-28(18-16-23)38(26-7-3-1-4-8-26)27-9-5-2-6-10-27/h1-19,21H,(H,39,40)/b25-19-. The van der Waals surface area contributed by atoms with Gasteiger partial charge in [0.25, 0.3) is 0 Å². The predicted octanol–water partition coefficient (Wildman–Crippen LogP) is 7.88. The van der Waals surface area contributed by atoms with Crippen molar-refractivity contribution in [2.45, 2.75) is 0 Å². The first-order chi connectivity index (χ1) is 20.1. The van der Waals surface area contributed by atoms with Gasteiger partial charge in [-0.1, -0.05) is 72.8 Å². The summed E-state index contributed by atoms with van der Waals surface area (Å²) in [5, 5.41) is 18.1. The van der Waals surface area contributed by atoms with Gasteiger partial charge in [-0.3, -0.25) is 4.98 Å². The summed E-state index contributed by atoms with van der Waals surface area (Å²) in [6.45, 7) is 0. The fraction of sp³-hybridized carbons (Fsp3) is 0. The van der Waals surface area contributed by atoms with Crippen LogP contribution >= 0.6 is 11.7 Å². The van der Waals surface area contributed by atoms with Crippen molar-refractivity contribution in [2.75, 3.05) is 4.90 Å². The van der Waals surface area contributed by atoms with Gasteiger partial charge in [-0.2, -0.15) is 14.0 Å². The van der Waals surface area contributed by atoms with Gasteiger partial charge in [0.2, 0.25) is 0 Å². The Morgan fingerprint density at radius 2 is 1.32 bits per heavy atom. The number of pyridine rings is 1. The number of fused-ring (bicyclic) bond motifs is 1. The second-order valence-corrected chi connectivity index (χ2v) is 9.66. The monoisotopic (exact) mass is 551 g/mol. The molecule has 1 N–H and O–H groups in total. The summed E-state index contributed by atoms with van der Waals surface area (Å²) in [7, 11) is 0. The Kier molecular flexibility index (Phi) is 7.01. The highest BCUT2D eigenvalue weighted by molar-refractivity contribution is 7.00. The highest BCUT2D eigenvalue weighted by Crippen LogP contribution is 2.37. The first kappa shape index (κ1) is 25.6. The van der Waals surface area contributed by atoms with Crippen molar-refractivity contribution >= 4 is 51.9 Å². The lowest BCUT2D eigenvalue weighted by atomic mass is 10.0. The molecule has 0 saturated heterocycles. The van der Waals surface area contributed by atoms with Crippen LogP contribution < -0.4 is 4.90 Å². The number of nitriles is 1. The van der Waals surface area contributed by atoms with Gasteiger partial charge < -0.3 is 10.0 Å². The average Bonchev–Trinajstić information content (AvgIpc) is 3.52. The molecule has 0 aliphatic rings. The molecule has 0 spiro atoms. The SMILES string of the molecule is N#C/C(=C/c1ccc(-c2ncc(-c3ccc(N(c4ccccc4)c4ccccc4)cc3)c3nsnc23)cc1)C(=O)O. The molecule has 41 heavy (non-hydrogen) atoms. The van der Waals surface area contributed by atoms with Crippen LogP contribution in [-0.2, 0) is 4.79 Å². The van der Waals surface area contributed by atoms with Gasteiger partial charge in [0, 0.05) is 34.4 Å². The van der Waals surface area contributed by atoms with Crippen molar-refractivity contribution in [1.29, 1.82) is 5.26 Å². The maximum absolute atomic E-state index is 11.2. The van der Waals surface area contributed by atoms with Gasteiger partial charge >= 0.3 is 5.97 Å². The smallest absolute Gasteiger partial charge is 0.346 e. The Hall–Kier alpha value is -5.65. The van der Waals surface area contributed by atoms with E-state index in [0.717, 1.165) is 51.0 Å². The molecule has 0 radical (unpaired) electrons. The Morgan fingerprint density at radius 1 is 0.756 bits per heavy atom. The zero-order valence-electron chi connectivity index (χ0n) is 21.5. The normalized spacial score (nSPS) is 11.2. The summed E-state index contributed by atoms with van der Waals surface area (Å²) in [5.74, 6) is -1.26. The van der Waals surface area contributed by atoms with Crippen LogP contribution in [0.5, 0.6) is 0 Å². The molecule has 4 aromatic carbocycles. The van der Waals surface area contributed by atoms with E-state index in [1.165, 1.54) is 6.08 Å². The van der Waals surface area contributed by atoms with Crippen molar-refractivity contribution in [3.63, 3.8) is 0 Å². The number of para-hydroxylation sites is 2. The summed E-state index contributed by atoms with van der Waals surface area (Å²) in [5.41, 5.74) is 8.26. The minimum absolute atomic E-state index is 0.326. The van der Waals surface area contributed by atoms with Crippen molar-refractivity contribution in [3.05, 3.63) is 127 Å². The van der Waals surface area contributed by atoms with Gasteiger partial charge in [-0.25, -0.2) is 4.79 Å². The van der Waals surface area contributed by atoms with E-state index < -0.39 is 5.97 Å².